The van der Waals surface area contributed by atoms with Crippen LogP contribution in [0.3, 0.4) is 0 Å². The third kappa shape index (κ3) is 2.33. The second-order valence-electron chi connectivity index (χ2n) is 4.31. The van der Waals surface area contributed by atoms with Gasteiger partial charge in [-0.05, 0) is 42.5 Å². The minimum absolute atomic E-state index is 0.113. The fourth-order valence-corrected chi connectivity index (χ4v) is 2.47. The number of halogens is 2. The van der Waals surface area contributed by atoms with Gasteiger partial charge in [-0.3, -0.25) is 4.79 Å². The SMILES string of the molecule is O=C1Nc2ccc(Br)cc2C1Nc1ccc(F)cc1. The summed E-state index contributed by atoms with van der Waals surface area (Å²) in [6.07, 6.45) is 0. The van der Waals surface area contributed by atoms with Gasteiger partial charge in [0.2, 0.25) is 0 Å². The van der Waals surface area contributed by atoms with Crippen molar-refractivity contribution in [2.75, 3.05) is 10.6 Å². The third-order valence-electron chi connectivity index (χ3n) is 3.00. The van der Waals surface area contributed by atoms with Crippen LogP contribution in [0.25, 0.3) is 0 Å². The molecule has 1 aliphatic rings. The first-order valence-electron chi connectivity index (χ1n) is 5.76. The number of hydrogen-bond donors (Lipinski definition) is 2. The second-order valence-corrected chi connectivity index (χ2v) is 5.22. The van der Waals surface area contributed by atoms with E-state index in [-0.39, 0.29) is 11.7 Å². The molecular formula is C14H10BrFN2O. The molecule has 0 fully saturated rings. The lowest BCUT2D eigenvalue weighted by Gasteiger charge is -2.13. The molecule has 5 heteroatoms. The molecule has 96 valence electrons. The van der Waals surface area contributed by atoms with Crippen LogP contribution in [0.2, 0.25) is 0 Å². The molecule has 0 radical (unpaired) electrons. The van der Waals surface area contributed by atoms with Crippen LogP contribution >= 0.6 is 15.9 Å². The number of hydrogen-bond acceptors (Lipinski definition) is 2. The lowest BCUT2D eigenvalue weighted by Crippen LogP contribution is -2.19. The summed E-state index contributed by atoms with van der Waals surface area (Å²) < 4.78 is 13.8. The number of fused-ring (bicyclic) bond motifs is 1. The van der Waals surface area contributed by atoms with E-state index in [0.717, 1.165) is 15.7 Å². The van der Waals surface area contributed by atoms with Crippen molar-refractivity contribution >= 4 is 33.2 Å². The van der Waals surface area contributed by atoms with E-state index in [4.69, 9.17) is 0 Å². The van der Waals surface area contributed by atoms with Crippen LogP contribution in [0, 0.1) is 5.82 Å². The van der Waals surface area contributed by atoms with E-state index < -0.39 is 6.04 Å². The molecule has 1 amide bonds. The Morgan fingerprint density at radius 2 is 1.89 bits per heavy atom. The highest BCUT2D eigenvalue weighted by Gasteiger charge is 2.30. The Morgan fingerprint density at radius 3 is 2.63 bits per heavy atom. The molecule has 0 saturated heterocycles. The summed E-state index contributed by atoms with van der Waals surface area (Å²) in [5.41, 5.74) is 2.38. The lowest BCUT2D eigenvalue weighted by atomic mass is 10.1. The van der Waals surface area contributed by atoms with Gasteiger partial charge in [0.25, 0.3) is 5.91 Å². The van der Waals surface area contributed by atoms with E-state index in [1.807, 2.05) is 18.2 Å². The first-order chi connectivity index (χ1) is 9.13. The maximum Gasteiger partial charge on any atom is 0.251 e. The van der Waals surface area contributed by atoms with E-state index in [0.29, 0.717) is 5.69 Å². The summed E-state index contributed by atoms with van der Waals surface area (Å²) in [5, 5.41) is 5.91. The zero-order valence-corrected chi connectivity index (χ0v) is 11.4. The van der Waals surface area contributed by atoms with E-state index in [1.54, 1.807) is 12.1 Å². The van der Waals surface area contributed by atoms with Gasteiger partial charge in [0, 0.05) is 21.4 Å². The molecule has 1 heterocycles. The zero-order chi connectivity index (χ0) is 13.4. The van der Waals surface area contributed by atoms with Crippen LogP contribution in [0.1, 0.15) is 11.6 Å². The van der Waals surface area contributed by atoms with Gasteiger partial charge in [-0.15, -0.1) is 0 Å². The summed E-state index contributed by atoms with van der Waals surface area (Å²) in [6.45, 7) is 0. The molecule has 0 aliphatic carbocycles. The Labute approximate surface area is 118 Å². The fourth-order valence-electron chi connectivity index (χ4n) is 2.09. The molecule has 1 aliphatic heterocycles. The Balaban J connectivity index is 1.91. The van der Waals surface area contributed by atoms with Gasteiger partial charge in [0.1, 0.15) is 11.9 Å². The van der Waals surface area contributed by atoms with E-state index in [9.17, 15) is 9.18 Å². The van der Waals surface area contributed by atoms with Gasteiger partial charge in [0.05, 0.1) is 0 Å². The van der Waals surface area contributed by atoms with Crippen LogP contribution in [0.4, 0.5) is 15.8 Å². The monoisotopic (exact) mass is 320 g/mol. The van der Waals surface area contributed by atoms with Crippen molar-refractivity contribution in [1.29, 1.82) is 0 Å². The second kappa shape index (κ2) is 4.66. The van der Waals surface area contributed by atoms with Gasteiger partial charge in [-0.2, -0.15) is 0 Å². The molecule has 0 bridgehead atoms. The number of rotatable bonds is 2. The van der Waals surface area contributed by atoms with Crippen molar-refractivity contribution in [1.82, 2.24) is 0 Å². The van der Waals surface area contributed by atoms with Gasteiger partial charge >= 0.3 is 0 Å². The quantitative estimate of drug-likeness (QED) is 0.886. The number of anilines is 2. The smallest absolute Gasteiger partial charge is 0.251 e. The zero-order valence-electron chi connectivity index (χ0n) is 9.78. The molecule has 3 nitrogen and oxygen atoms in total. The maximum atomic E-state index is 12.9. The molecule has 3 rings (SSSR count). The van der Waals surface area contributed by atoms with Crippen molar-refractivity contribution in [2.45, 2.75) is 6.04 Å². The highest BCUT2D eigenvalue weighted by molar-refractivity contribution is 9.10. The molecule has 0 spiro atoms. The van der Waals surface area contributed by atoms with Crippen molar-refractivity contribution < 1.29 is 9.18 Å². The lowest BCUT2D eigenvalue weighted by molar-refractivity contribution is -0.116. The predicted octanol–water partition coefficient (Wildman–Crippen LogP) is 3.69. The number of carbonyl (C=O) groups is 1. The normalized spacial score (nSPS) is 16.9. The van der Waals surface area contributed by atoms with E-state index in [1.165, 1.54) is 12.1 Å². The Kier molecular flexibility index (Phi) is 2.98. The van der Waals surface area contributed by atoms with Crippen molar-refractivity contribution in [3.63, 3.8) is 0 Å². The number of benzene rings is 2. The highest BCUT2D eigenvalue weighted by Crippen LogP contribution is 2.35. The van der Waals surface area contributed by atoms with Gasteiger partial charge < -0.3 is 10.6 Å². The molecule has 0 saturated carbocycles. The van der Waals surface area contributed by atoms with Crippen LogP contribution in [-0.4, -0.2) is 5.91 Å². The molecule has 1 unspecified atom stereocenters. The Bertz CT molecular complexity index is 642. The Hall–Kier alpha value is -1.88. The molecule has 19 heavy (non-hydrogen) atoms. The van der Waals surface area contributed by atoms with Crippen LogP contribution in [-0.2, 0) is 4.79 Å². The minimum atomic E-state index is -0.460. The summed E-state index contributed by atoms with van der Waals surface area (Å²) in [5.74, 6) is -0.415. The van der Waals surface area contributed by atoms with Gasteiger partial charge in [0.15, 0.2) is 0 Å². The fraction of sp³-hybridized carbons (Fsp3) is 0.0714. The molecule has 2 aromatic rings. The molecule has 0 aromatic heterocycles. The van der Waals surface area contributed by atoms with E-state index in [2.05, 4.69) is 26.6 Å². The summed E-state index contributed by atoms with van der Waals surface area (Å²) >= 11 is 3.39. The largest absolute Gasteiger partial charge is 0.370 e. The first kappa shape index (κ1) is 12.2. The number of nitrogens with one attached hydrogen (secondary N) is 2. The average Bonchev–Trinajstić information content (AvgIpc) is 2.69. The summed E-state index contributed by atoms with van der Waals surface area (Å²) in [7, 11) is 0. The minimum Gasteiger partial charge on any atom is -0.370 e. The van der Waals surface area contributed by atoms with Gasteiger partial charge in [-0.25, -0.2) is 4.39 Å². The van der Waals surface area contributed by atoms with Crippen LogP contribution in [0.5, 0.6) is 0 Å². The molecule has 2 aromatic carbocycles. The predicted molar refractivity (Wildman–Crippen MR) is 75.5 cm³/mol. The highest BCUT2D eigenvalue weighted by atomic mass is 79.9. The summed E-state index contributed by atoms with van der Waals surface area (Å²) in [6, 6.07) is 11.1. The molecule has 1 atom stereocenters. The van der Waals surface area contributed by atoms with Crippen molar-refractivity contribution in [3.8, 4) is 0 Å². The van der Waals surface area contributed by atoms with Crippen LogP contribution in [0.15, 0.2) is 46.9 Å². The van der Waals surface area contributed by atoms with Crippen LogP contribution < -0.4 is 10.6 Å². The van der Waals surface area contributed by atoms with E-state index >= 15 is 0 Å². The van der Waals surface area contributed by atoms with Gasteiger partial charge in [-0.1, -0.05) is 15.9 Å². The van der Waals surface area contributed by atoms with Crippen molar-refractivity contribution in [3.05, 3.63) is 58.3 Å². The number of carbonyl (C=O) groups excluding carboxylic acids is 1. The Morgan fingerprint density at radius 1 is 1.16 bits per heavy atom. The topological polar surface area (TPSA) is 41.1 Å². The standard InChI is InChI=1S/C14H10BrFN2O/c15-8-1-6-12-11(7-8)13(14(19)18-12)17-10-4-2-9(16)3-5-10/h1-7,13,17H,(H,18,19). The first-order valence-corrected chi connectivity index (χ1v) is 6.55. The average molecular weight is 321 g/mol. The summed E-state index contributed by atoms with van der Waals surface area (Å²) in [4.78, 5) is 12.0. The maximum absolute atomic E-state index is 12.9. The number of amides is 1. The molecular weight excluding hydrogens is 311 g/mol. The van der Waals surface area contributed by atoms with Crippen molar-refractivity contribution in [2.24, 2.45) is 0 Å². The third-order valence-corrected chi connectivity index (χ3v) is 3.49. The molecule has 2 N–H and O–H groups in total.